The standard InChI is InChI=1S/C14H12BrF2N/c1-18(12-5-3-11(16)4-6-12)14-7-2-10(9-15)8-13(14)17/h2-8H,9H2,1H3. The maximum Gasteiger partial charge on any atom is 0.147 e. The molecule has 2 rings (SSSR count). The van der Waals surface area contributed by atoms with Crippen LogP contribution in [0.4, 0.5) is 20.2 Å². The molecule has 0 aliphatic carbocycles. The summed E-state index contributed by atoms with van der Waals surface area (Å²) < 4.78 is 26.7. The first kappa shape index (κ1) is 13.0. The Bertz CT molecular complexity index is 540. The summed E-state index contributed by atoms with van der Waals surface area (Å²) in [6.45, 7) is 0. The van der Waals surface area contributed by atoms with Crippen LogP contribution < -0.4 is 4.90 Å². The van der Waals surface area contributed by atoms with Crippen molar-refractivity contribution in [1.82, 2.24) is 0 Å². The molecule has 2 aromatic rings. The molecular formula is C14H12BrF2N. The van der Waals surface area contributed by atoms with Gasteiger partial charge in [-0.15, -0.1) is 0 Å². The van der Waals surface area contributed by atoms with E-state index in [2.05, 4.69) is 15.9 Å². The van der Waals surface area contributed by atoms with Gasteiger partial charge in [0, 0.05) is 18.1 Å². The summed E-state index contributed by atoms with van der Waals surface area (Å²) in [5, 5.41) is 0.616. The molecule has 0 unspecified atom stereocenters. The fourth-order valence-electron chi connectivity index (χ4n) is 1.71. The third kappa shape index (κ3) is 2.70. The molecule has 2 aromatic carbocycles. The van der Waals surface area contributed by atoms with Gasteiger partial charge in [0.1, 0.15) is 11.6 Å². The average molecular weight is 312 g/mol. The number of hydrogen-bond donors (Lipinski definition) is 0. The first-order valence-electron chi connectivity index (χ1n) is 5.45. The summed E-state index contributed by atoms with van der Waals surface area (Å²) in [5.41, 5.74) is 2.08. The van der Waals surface area contributed by atoms with E-state index in [1.54, 1.807) is 30.1 Å². The highest BCUT2D eigenvalue weighted by Crippen LogP contribution is 2.27. The lowest BCUT2D eigenvalue weighted by atomic mass is 10.2. The van der Waals surface area contributed by atoms with Crippen LogP contribution in [0.25, 0.3) is 0 Å². The lowest BCUT2D eigenvalue weighted by Gasteiger charge is -2.20. The Balaban J connectivity index is 2.33. The number of halogens is 3. The van der Waals surface area contributed by atoms with Crippen LogP contribution in [0, 0.1) is 11.6 Å². The van der Waals surface area contributed by atoms with Crippen molar-refractivity contribution < 1.29 is 8.78 Å². The van der Waals surface area contributed by atoms with E-state index in [4.69, 9.17) is 0 Å². The molecule has 0 saturated carbocycles. The highest BCUT2D eigenvalue weighted by molar-refractivity contribution is 9.08. The van der Waals surface area contributed by atoms with Gasteiger partial charge in [-0.05, 0) is 42.0 Å². The molecule has 0 aliphatic rings. The van der Waals surface area contributed by atoms with Crippen LogP contribution in [0.1, 0.15) is 5.56 Å². The molecule has 0 bridgehead atoms. The second-order valence-corrected chi connectivity index (χ2v) is 4.52. The summed E-state index contributed by atoms with van der Waals surface area (Å²) in [4.78, 5) is 1.69. The molecule has 0 radical (unpaired) electrons. The predicted molar refractivity (Wildman–Crippen MR) is 73.5 cm³/mol. The third-order valence-electron chi connectivity index (χ3n) is 2.74. The molecule has 0 saturated heterocycles. The van der Waals surface area contributed by atoms with Crippen LogP contribution in [0.15, 0.2) is 42.5 Å². The summed E-state index contributed by atoms with van der Waals surface area (Å²) in [5.74, 6) is -0.596. The van der Waals surface area contributed by atoms with Crippen LogP contribution in [0.3, 0.4) is 0 Å². The van der Waals surface area contributed by atoms with Gasteiger partial charge in [-0.3, -0.25) is 0 Å². The Morgan fingerprint density at radius 3 is 2.28 bits per heavy atom. The van der Waals surface area contributed by atoms with Gasteiger partial charge in [0.05, 0.1) is 5.69 Å². The summed E-state index contributed by atoms with van der Waals surface area (Å²) in [6, 6.07) is 11.0. The Kier molecular flexibility index (Phi) is 3.97. The van der Waals surface area contributed by atoms with Crippen LogP contribution in [-0.2, 0) is 5.33 Å². The predicted octanol–water partition coefficient (Wildman–Crippen LogP) is 4.63. The van der Waals surface area contributed by atoms with E-state index in [1.807, 2.05) is 6.07 Å². The average Bonchev–Trinajstić information content (AvgIpc) is 2.38. The Morgan fingerprint density at radius 1 is 1.06 bits per heavy atom. The smallest absolute Gasteiger partial charge is 0.147 e. The van der Waals surface area contributed by atoms with E-state index in [-0.39, 0.29) is 11.6 Å². The maximum absolute atomic E-state index is 13.9. The third-order valence-corrected chi connectivity index (χ3v) is 3.39. The fourth-order valence-corrected chi connectivity index (χ4v) is 2.06. The van der Waals surface area contributed by atoms with E-state index in [1.165, 1.54) is 18.2 Å². The van der Waals surface area contributed by atoms with Crippen LogP contribution in [0.5, 0.6) is 0 Å². The van der Waals surface area contributed by atoms with E-state index in [0.717, 1.165) is 11.3 Å². The second-order valence-electron chi connectivity index (χ2n) is 3.95. The van der Waals surface area contributed by atoms with Gasteiger partial charge in [-0.25, -0.2) is 8.78 Å². The van der Waals surface area contributed by atoms with Crippen molar-refractivity contribution in [3.63, 3.8) is 0 Å². The zero-order valence-electron chi connectivity index (χ0n) is 9.83. The lowest BCUT2D eigenvalue weighted by molar-refractivity contribution is 0.625. The van der Waals surface area contributed by atoms with Gasteiger partial charge in [-0.1, -0.05) is 22.0 Å². The van der Waals surface area contributed by atoms with Gasteiger partial charge in [0.15, 0.2) is 0 Å². The molecule has 0 heterocycles. The minimum atomic E-state index is -0.303. The fraction of sp³-hybridized carbons (Fsp3) is 0.143. The maximum atomic E-state index is 13.9. The van der Waals surface area contributed by atoms with Gasteiger partial charge in [0.2, 0.25) is 0 Å². The number of benzene rings is 2. The Labute approximate surface area is 113 Å². The molecule has 94 valence electrons. The van der Waals surface area contributed by atoms with Gasteiger partial charge in [0.25, 0.3) is 0 Å². The molecule has 0 N–H and O–H groups in total. The molecule has 0 spiro atoms. The molecule has 0 fully saturated rings. The zero-order valence-corrected chi connectivity index (χ0v) is 11.4. The van der Waals surface area contributed by atoms with Crippen molar-refractivity contribution in [2.24, 2.45) is 0 Å². The van der Waals surface area contributed by atoms with E-state index >= 15 is 0 Å². The minimum absolute atomic E-state index is 0.293. The SMILES string of the molecule is CN(c1ccc(F)cc1)c1ccc(CBr)cc1F. The number of hydrogen-bond acceptors (Lipinski definition) is 1. The molecule has 18 heavy (non-hydrogen) atoms. The number of rotatable bonds is 3. The van der Waals surface area contributed by atoms with Crippen molar-refractivity contribution in [1.29, 1.82) is 0 Å². The van der Waals surface area contributed by atoms with Gasteiger partial charge >= 0.3 is 0 Å². The Morgan fingerprint density at radius 2 is 1.72 bits per heavy atom. The van der Waals surface area contributed by atoms with E-state index < -0.39 is 0 Å². The van der Waals surface area contributed by atoms with Crippen molar-refractivity contribution in [2.75, 3.05) is 11.9 Å². The molecule has 0 aliphatic heterocycles. The number of alkyl halides is 1. The number of nitrogens with zero attached hydrogens (tertiary/aromatic N) is 1. The van der Waals surface area contributed by atoms with Crippen molar-refractivity contribution in [2.45, 2.75) is 5.33 Å². The molecule has 0 aromatic heterocycles. The second kappa shape index (κ2) is 5.48. The highest BCUT2D eigenvalue weighted by Gasteiger charge is 2.10. The largest absolute Gasteiger partial charge is 0.342 e. The monoisotopic (exact) mass is 311 g/mol. The van der Waals surface area contributed by atoms with Crippen LogP contribution >= 0.6 is 15.9 Å². The van der Waals surface area contributed by atoms with Gasteiger partial charge in [-0.2, -0.15) is 0 Å². The van der Waals surface area contributed by atoms with Crippen molar-refractivity contribution >= 4 is 27.3 Å². The van der Waals surface area contributed by atoms with Crippen molar-refractivity contribution in [3.05, 3.63) is 59.7 Å². The topological polar surface area (TPSA) is 3.24 Å². The molecular weight excluding hydrogens is 300 g/mol. The van der Waals surface area contributed by atoms with Gasteiger partial charge < -0.3 is 4.90 Å². The summed E-state index contributed by atoms with van der Waals surface area (Å²) in [6.07, 6.45) is 0. The summed E-state index contributed by atoms with van der Waals surface area (Å²) in [7, 11) is 1.75. The van der Waals surface area contributed by atoms with Crippen LogP contribution in [-0.4, -0.2) is 7.05 Å². The minimum Gasteiger partial charge on any atom is -0.342 e. The first-order valence-corrected chi connectivity index (χ1v) is 6.57. The first-order chi connectivity index (χ1) is 8.61. The van der Waals surface area contributed by atoms with Crippen LogP contribution in [0.2, 0.25) is 0 Å². The quantitative estimate of drug-likeness (QED) is 0.747. The Hall–Kier alpha value is -1.42. The summed E-state index contributed by atoms with van der Waals surface area (Å²) >= 11 is 3.28. The number of anilines is 2. The normalized spacial score (nSPS) is 10.4. The van der Waals surface area contributed by atoms with Crippen molar-refractivity contribution in [3.8, 4) is 0 Å². The lowest BCUT2D eigenvalue weighted by Crippen LogP contribution is -2.11. The zero-order chi connectivity index (χ0) is 13.1. The molecule has 0 amide bonds. The van der Waals surface area contributed by atoms with E-state index in [0.29, 0.717) is 11.0 Å². The molecule has 1 nitrogen and oxygen atoms in total. The highest BCUT2D eigenvalue weighted by atomic mass is 79.9. The molecule has 0 atom stereocenters. The van der Waals surface area contributed by atoms with E-state index in [9.17, 15) is 8.78 Å². The molecule has 4 heteroatoms.